The first-order chi connectivity index (χ1) is 7.65. The van der Waals surface area contributed by atoms with Crippen molar-refractivity contribution in [2.24, 2.45) is 0 Å². The standard InChI is InChI=1S/C12H11ClINO/c1-8-2-3-9(6-11(8)13)15-7-10-4-5-12(14)16-10/h2-6,15H,7H2,1H3. The predicted octanol–water partition coefficient (Wildman–Crippen LogP) is 4.46. The van der Waals surface area contributed by atoms with E-state index in [1.54, 1.807) is 0 Å². The maximum Gasteiger partial charge on any atom is 0.164 e. The second-order valence-electron chi connectivity index (χ2n) is 3.52. The maximum absolute atomic E-state index is 6.04. The second-order valence-corrected chi connectivity index (χ2v) is 4.99. The van der Waals surface area contributed by atoms with Crippen LogP contribution >= 0.6 is 34.2 Å². The Morgan fingerprint density at radius 3 is 2.75 bits per heavy atom. The maximum atomic E-state index is 6.04. The molecule has 1 aromatic carbocycles. The zero-order valence-electron chi connectivity index (χ0n) is 8.76. The van der Waals surface area contributed by atoms with Gasteiger partial charge >= 0.3 is 0 Å². The summed E-state index contributed by atoms with van der Waals surface area (Å²) in [5.41, 5.74) is 2.08. The Morgan fingerprint density at radius 1 is 1.31 bits per heavy atom. The Hall–Kier alpha value is -0.680. The summed E-state index contributed by atoms with van der Waals surface area (Å²) in [5.74, 6) is 0.918. The van der Waals surface area contributed by atoms with Gasteiger partial charge in [-0.3, -0.25) is 0 Å². The fraction of sp³-hybridized carbons (Fsp3) is 0.167. The zero-order chi connectivity index (χ0) is 11.5. The third kappa shape index (κ3) is 2.92. The molecule has 0 fully saturated rings. The first-order valence-electron chi connectivity index (χ1n) is 4.89. The van der Waals surface area contributed by atoms with Gasteiger partial charge in [0.1, 0.15) is 5.76 Å². The van der Waals surface area contributed by atoms with Crippen LogP contribution in [0.2, 0.25) is 5.02 Å². The van der Waals surface area contributed by atoms with Crippen molar-refractivity contribution in [3.8, 4) is 0 Å². The van der Waals surface area contributed by atoms with E-state index >= 15 is 0 Å². The summed E-state index contributed by atoms with van der Waals surface area (Å²) in [5, 5.41) is 4.04. The molecule has 0 unspecified atom stereocenters. The minimum absolute atomic E-state index is 0.669. The molecular weight excluding hydrogens is 336 g/mol. The minimum Gasteiger partial charge on any atom is -0.454 e. The van der Waals surface area contributed by atoms with Gasteiger partial charge in [-0.25, -0.2) is 0 Å². The van der Waals surface area contributed by atoms with Crippen LogP contribution in [0.5, 0.6) is 0 Å². The van der Waals surface area contributed by atoms with Crippen molar-refractivity contribution in [1.29, 1.82) is 0 Å². The molecule has 0 saturated heterocycles. The van der Waals surface area contributed by atoms with E-state index in [1.807, 2.05) is 37.3 Å². The molecule has 0 bridgehead atoms. The van der Waals surface area contributed by atoms with E-state index in [1.165, 1.54) is 0 Å². The summed E-state index contributed by atoms with van der Waals surface area (Å²) in [6, 6.07) is 9.83. The summed E-state index contributed by atoms with van der Waals surface area (Å²) in [7, 11) is 0. The highest BCUT2D eigenvalue weighted by Crippen LogP contribution is 2.20. The van der Waals surface area contributed by atoms with Gasteiger partial charge in [0, 0.05) is 10.7 Å². The molecular formula is C12H11ClINO. The van der Waals surface area contributed by atoms with Crippen molar-refractivity contribution in [1.82, 2.24) is 0 Å². The van der Waals surface area contributed by atoms with Crippen LogP contribution in [0.3, 0.4) is 0 Å². The third-order valence-electron chi connectivity index (χ3n) is 2.27. The molecule has 0 aliphatic heterocycles. The van der Waals surface area contributed by atoms with E-state index in [-0.39, 0.29) is 0 Å². The average molecular weight is 348 g/mol. The van der Waals surface area contributed by atoms with Crippen molar-refractivity contribution in [2.45, 2.75) is 13.5 Å². The first-order valence-corrected chi connectivity index (χ1v) is 6.35. The fourth-order valence-electron chi connectivity index (χ4n) is 1.34. The van der Waals surface area contributed by atoms with Crippen LogP contribution in [0.25, 0.3) is 0 Å². The molecule has 0 aliphatic carbocycles. The van der Waals surface area contributed by atoms with Crippen LogP contribution in [0.15, 0.2) is 34.7 Å². The Labute approximate surface area is 113 Å². The van der Waals surface area contributed by atoms with Gasteiger partial charge in [-0.2, -0.15) is 0 Å². The molecule has 16 heavy (non-hydrogen) atoms. The molecule has 2 nitrogen and oxygen atoms in total. The van der Waals surface area contributed by atoms with E-state index in [9.17, 15) is 0 Å². The van der Waals surface area contributed by atoms with Crippen molar-refractivity contribution in [3.63, 3.8) is 0 Å². The third-order valence-corrected chi connectivity index (χ3v) is 3.25. The molecule has 1 aromatic heterocycles. The Bertz CT molecular complexity index is 496. The monoisotopic (exact) mass is 347 g/mol. The molecule has 1 N–H and O–H groups in total. The second kappa shape index (κ2) is 5.10. The summed E-state index contributed by atoms with van der Waals surface area (Å²) in [6.07, 6.45) is 0. The summed E-state index contributed by atoms with van der Waals surface area (Å²) in [6.45, 7) is 2.66. The van der Waals surface area contributed by atoms with E-state index in [0.29, 0.717) is 6.54 Å². The predicted molar refractivity (Wildman–Crippen MR) is 74.9 cm³/mol. The number of nitrogens with one attached hydrogen (secondary N) is 1. The molecule has 84 valence electrons. The molecule has 0 aliphatic rings. The number of benzene rings is 1. The SMILES string of the molecule is Cc1ccc(NCc2ccc(I)o2)cc1Cl. The average Bonchev–Trinajstić information content (AvgIpc) is 2.66. The normalized spacial score (nSPS) is 10.4. The lowest BCUT2D eigenvalue weighted by Crippen LogP contribution is -1.98. The lowest BCUT2D eigenvalue weighted by atomic mass is 10.2. The van der Waals surface area contributed by atoms with Crippen LogP contribution in [0.1, 0.15) is 11.3 Å². The van der Waals surface area contributed by atoms with Gasteiger partial charge in [0.15, 0.2) is 3.77 Å². The van der Waals surface area contributed by atoms with Crippen LogP contribution < -0.4 is 5.32 Å². The number of hydrogen-bond donors (Lipinski definition) is 1. The van der Waals surface area contributed by atoms with Crippen molar-refractivity contribution < 1.29 is 4.42 Å². The van der Waals surface area contributed by atoms with Gasteiger partial charge in [0.05, 0.1) is 6.54 Å². The number of halogens is 2. The van der Waals surface area contributed by atoms with Gasteiger partial charge in [-0.1, -0.05) is 17.7 Å². The number of hydrogen-bond acceptors (Lipinski definition) is 2. The molecule has 0 radical (unpaired) electrons. The van der Waals surface area contributed by atoms with Crippen LogP contribution in [0, 0.1) is 10.7 Å². The quantitative estimate of drug-likeness (QED) is 0.829. The number of anilines is 1. The Kier molecular flexibility index (Phi) is 3.76. The lowest BCUT2D eigenvalue weighted by Gasteiger charge is -2.06. The van der Waals surface area contributed by atoms with Gasteiger partial charge in [-0.15, -0.1) is 0 Å². The van der Waals surface area contributed by atoms with E-state index in [0.717, 1.165) is 25.8 Å². The molecule has 0 spiro atoms. The lowest BCUT2D eigenvalue weighted by molar-refractivity contribution is 0.493. The van der Waals surface area contributed by atoms with E-state index in [2.05, 4.69) is 27.9 Å². The smallest absolute Gasteiger partial charge is 0.164 e. The van der Waals surface area contributed by atoms with Crippen LogP contribution in [0.4, 0.5) is 5.69 Å². The minimum atomic E-state index is 0.669. The molecule has 1 heterocycles. The van der Waals surface area contributed by atoms with Gasteiger partial charge in [0.25, 0.3) is 0 Å². The van der Waals surface area contributed by atoms with Crippen LogP contribution in [-0.4, -0.2) is 0 Å². The fourth-order valence-corrected chi connectivity index (χ4v) is 1.98. The summed E-state index contributed by atoms with van der Waals surface area (Å²) < 4.78 is 6.35. The highest BCUT2D eigenvalue weighted by Gasteiger charge is 2.00. The Balaban J connectivity index is 2.02. The molecule has 0 atom stereocenters. The van der Waals surface area contributed by atoms with E-state index < -0.39 is 0 Å². The van der Waals surface area contributed by atoms with Crippen molar-refractivity contribution in [2.75, 3.05) is 5.32 Å². The molecule has 0 saturated carbocycles. The molecule has 2 rings (SSSR count). The topological polar surface area (TPSA) is 25.2 Å². The van der Waals surface area contributed by atoms with Gasteiger partial charge in [0.2, 0.25) is 0 Å². The number of rotatable bonds is 3. The first kappa shape index (κ1) is 11.8. The molecule has 0 amide bonds. The van der Waals surface area contributed by atoms with Gasteiger partial charge < -0.3 is 9.73 Å². The summed E-state index contributed by atoms with van der Waals surface area (Å²) in [4.78, 5) is 0. The number of aryl methyl sites for hydroxylation is 1. The Morgan fingerprint density at radius 2 is 2.12 bits per heavy atom. The van der Waals surface area contributed by atoms with Gasteiger partial charge in [-0.05, 0) is 59.3 Å². The van der Waals surface area contributed by atoms with E-state index in [4.69, 9.17) is 16.0 Å². The van der Waals surface area contributed by atoms with Crippen LogP contribution in [-0.2, 0) is 6.54 Å². The highest BCUT2D eigenvalue weighted by atomic mass is 127. The van der Waals surface area contributed by atoms with Crippen molar-refractivity contribution in [3.05, 3.63) is 50.4 Å². The zero-order valence-corrected chi connectivity index (χ0v) is 11.7. The molecule has 2 aromatic rings. The highest BCUT2D eigenvalue weighted by molar-refractivity contribution is 14.1. The molecule has 4 heteroatoms. The van der Waals surface area contributed by atoms with Crippen molar-refractivity contribution >= 4 is 39.9 Å². The summed E-state index contributed by atoms with van der Waals surface area (Å²) >= 11 is 8.18. The largest absolute Gasteiger partial charge is 0.454 e. The number of furan rings is 1.